The van der Waals surface area contributed by atoms with Gasteiger partial charge in [0.25, 0.3) is 0 Å². The Hall–Kier alpha value is -2.19. The van der Waals surface area contributed by atoms with E-state index in [2.05, 4.69) is 22.1 Å². The largest absolute Gasteiger partial charge is 0.390 e. The van der Waals surface area contributed by atoms with Crippen LogP contribution in [0.4, 0.5) is 10.3 Å². The Morgan fingerprint density at radius 1 is 1.36 bits per heavy atom. The summed E-state index contributed by atoms with van der Waals surface area (Å²) < 4.78 is 13.6. The van der Waals surface area contributed by atoms with E-state index in [0.29, 0.717) is 24.2 Å². The zero-order valence-electron chi connectivity index (χ0n) is 13.5. The van der Waals surface area contributed by atoms with E-state index >= 15 is 0 Å². The molecular weight excluding hydrogens is 341 g/mol. The second kappa shape index (κ2) is 6.27. The van der Waals surface area contributed by atoms with Crippen molar-refractivity contribution in [1.82, 2.24) is 9.97 Å². The molecule has 8 heteroatoms. The number of nitrogens with zero attached hydrogens (tertiary/aromatic N) is 4. The minimum Gasteiger partial charge on any atom is -0.390 e. The number of hydrogen-bond donors (Lipinski definition) is 2. The number of aliphatic hydroxyl groups is 1. The second-order valence-corrected chi connectivity index (χ2v) is 7.29. The molecule has 1 saturated heterocycles. The molecule has 6 nitrogen and oxygen atoms in total. The first-order valence-corrected chi connectivity index (χ1v) is 9.02. The summed E-state index contributed by atoms with van der Waals surface area (Å²) in [5.74, 6) is 0.917. The molecule has 3 N–H and O–H groups in total. The van der Waals surface area contributed by atoms with E-state index in [1.165, 1.54) is 0 Å². The molecule has 2 aliphatic rings. The zero-order chi connectivity index (χ0) is 17.4. The van der Waals surface area contributed by atoms with Crippen LogP contribution in [0.25, 0.3) is 0 Å². The highest BCUT2D eigenvalue weighted by Crippen LogP contribution is 2.45. The lowest BCUT2D eigenvalue weighted by Gasteiger charge is -2.34. The Balaban J connectivity index is 1.74. The molecule has 0 spiro atoms. The van der Waals surface area contributed by atoms with E-state index in [-0.39, 0.29) is 11.6 Å². The summed E-state index contributed by atoms with van der Waals surface area (Å²) in [4.78, 5) is 15.1. The van der Waals surface area contributed by atoms with Crippen molar-refractivity contribution in [2.75, 3.05) is 23.7 Å². The molecule has 0 amide bonds. The van der Waals surface area contributed by atoms with Crippen molar-refractivity contribution in [2.45, 2.75) is 12.1 Å². The van der Waals surface area contributed by atoms with Gasteiger partial charge in [-0.3, -0.25) is 0 Å². The Bertz CT molecular complexity index is 818. The highest BCUT2D eigenvalue weighted by molar-refractivity contribution is 8.13. The molecule has 2 atom stereocenters. The summed E-state index contributed by atoms with van der Waals surface area (Å²) in [6.07, 6.45) is 1.11. The van der Waals surface area contributed by atoms with Crippen LogP contribution in [0, 0.1) is 11.7 Å². The van der Waals surface area contributed by atoms with Crippen molar-refractivity contribution in [3.8, 4) is 0 Å². The average molecular weight is 359 g/mol. The number of aliphatic hydroxyl groups excluding tert-OH is 1. The Morgan fingerprint density at radius 2 is 2.16 bits per heavy atom. The van der Waals surface area contributed by atoms with Gasteiger partial charge in [-0.1, -0.05) is 42.1 Å². The normalized spacial score (nSPS) is 25.6. The van der Waals surface area contributed by atoms with E-state index in [1.54, 1.807) is 11.8 Å². The lowest BCUT2D eigenvalue weighted by atomic mass is 9.82. The van der Waals surface area contributed by atoms with Gasteiger partial charge >= 0.3 is 0 Å². The van der Waals surface area contributed by atoms with Crippen molar-refractivity contribution in [1.29, 1.82) is 0 Å². The van der Waals surface area contributed by atoms with Crippen molar-refractivity contribution >= 4 is 22.9 Å². The Labute approximate surface area is 149 Å². The van der Waals surface area contributed by atoms with Crippen LogP contribution < -0.4 is 10.6 Å². The maximum Gasteiger partial charge on any atom is 0.225 e. The van der Waals surface area contributed by atoms with Crippen molar-refractivity contribution in [2.24, 2.45) is 16.6 Å². The number of anilines is 1. The van der Waals surface area contributed by atoms with Crippen LogP contribution in [0.3, 0.4) is 0 Å². The molecule has 0 bridgehead atoms. The van der Waals surface area contributed by atoms with Gasteiger partial charge in [-0.05, 0) is 5.56 Å². The van der Waals surface area contributed by atoms with Gasteiger partial charge in [0.05, 0.1) is 19.3 Å². The van der Waals surface area contributed by atoms with Crippen LogP contribution in [0.1, 0.15) is 11.3 Å². The number of halogens is 1. The predicted octanol–water partition coefficient (Wildman–Crippen LogP) is 1.50. The van der Waals surface area contributed by atoms with Crippen LogP contribution in [0.2, 0.25) is 0 Å². The van der Waals surface area contributed by atoms with Crippen LogP contribution >= 0.6 is 11.8 Å². The third kappa shape index (κ3) is 2.75. The number of rotatable bonds is 3. The molecule has 0 saturated carbocycles. The number of fused-ring (bicyclic) bond motifs is 1. The lowest BCUT2D eigenvalue weighted by Crippen LogP contribution is -2.40. The maximum absolute atomic E-state index is 13.6. The molecule has 1 aromatic heterocycles. The van der Waals surface area contributed by atoms with Gasteiger partial charge in [0.1, 0.15) is 11.2 Å². The fourth-order valence-corrected chi connectivity index (χ4v) is 4.54. The molecule has 0 aliphatic carbocycles. The molecular formula is C17H18FN5OS. The Morgan fingerprint density at radius 3 is 2.92 bits per heavy atom. The standard InChI is InChI=1S/C17H18FN5OS/c18-13-6-20-16(21-14(13)8-24)23-7-12-9-25-15(19)22-17(12,10-23)11-4-2-1-3-5-11/h1-6,12,24H,7-10H2,(H2,19,22)/t12-,17+/m0/s1. The predicted molar refractivity (Wildman–Crippen MR) is 95.8 cm³/mol. The SMILES string of the molecule is NC1=N[C@@]2(c3ccccc3)CN(c3ncc(F)c(CO)n3)C[C@H]2CS1. The fraction of sp³-hybridized carbons (Fsp3) is 0.353. The van der Waals surface area contributed by atoms with Crippen LogP contribution in [-0.2, 0) is 12.1 Å². The number of thioether (sulfide) groups is 1. The van der Waals surface area contributed by atoms with Gasteiger partial charge in [-0.25, -0.2) is 19.4 Å². The highest BCUT2D eigenvalue weighted by atomic mass is 32.2. The molecule has 0 unspecified atom stereocenters. The van der Waals surface area contributed by atoms with E-state index in [1.807, 2.05) is 23.1 Å². The fourth-order valence-electron chi connectivity index (χ4n) is 3.56. The van der Waals surface area contributed by atoms with E-state index in [9.17, 15) is 9.50 Å². The first kappa shape index (κ1) is 16.3. The molecule has 0 radical (unpaired) electrons. The molecule has 2 aliphatic heterocycles. The zero-order valence-corrected chi connectivity index (χ0v) is 14.3. The van der Waals surface area contributed by atoms with Crippen molar-refractivity contribution in [3.63, 3.8) is 0 Å². The minimum absolute atomic E-state index is 0.00558. The number of benzene rings is 1. The second-order valence-electron chi connectivity index (χ2n) is 6.25. The monoisotopic (exact) mass is 359 g/mol. The van der Waals surface area contributed by atoms with Gasteiger partial charge in [-0.15, -0.1) is 0 Å². The third-order valence-corrected chi connectivity index (χ3v) is 5.76. The summed E-state index contributed by atoms with van der Waals surface area (Å²) in [5.41, 5.74) is 6.71. The van der Waals surface area contributed by atoms with Gasteiger partial charge < -0.3 is 15.7 Å². The van der Waals surface area contributed by atoms with Crippen LogP contribution in [0.5, 0.6) is 0 Å². The topological polar surface area (TPSA) is 87.6 Å². The third-order valence-electron chi connectivity index (χ3n) is 4.80. The first-order chi connectivity index (χ1) is 12.1. The summed E-state index contributed by atoms with van der Waals surface area (Å²) in [6.45, 7) is 0.817. The molecule has 2 aromatic rings. The van der Waals surface area contributed by atoms with E-state index in [4.69, 9.17) is 10.7 Å². The number of hydrogen-bond acceptors (Lipinski definition) is 7. The van der Waals surface area contributed by atoms with Crippen LogP contribution in [-0.4, -0.2) is 39.1 Å². The van der Waals surface area contributed by atoms with Crippen LogP contribution in [0.15, 0.2) is 41.5 Å². The number of aliphatic imine (C=N–C) groups is 1. The van der Waals surface area contributed by atoms with Gasteiger partial charge in [0, 0.05) is 18.2 Å². The van der Waals surface area contributed by atoms with E-state index < -0.39 is 18.0 Å². The summed E-state index contributed by atoms with van der Waals surface area (Å²) >= 11 is 1.56. The number of amidine groups is 1. The molecule has 25 heavy (non-hydrogen) atoms. The molecule has 130 valence electrons. The quantitative estimate of drug-likeness (QED) is 0.864. The average Bonchev–Trinajstić information content (AvgIpc) is 3.03. The van der Waals surface area contributed by atoms with E-state index in [0.717, 1.165) is 17.5 Å². The highest BCUT2D eigenvalue weighted by Gasteiger charge is 2.50. The number of aromatic nitrogens is 2. The number of nitrogens with two attached hydrogens (primary N) is 1. The summed E-state index contributed by atoms with van der Waals surface area (Å²) in [6, 6.07) is 10.1. The van der Waals surface area contributed by atoms with Crippen molar-refractivity contribution in [3.05, 3.63) is 53.6 Å². The minimum atomic E-state index is -0.599. The summed E-state index contributed by atoms with van der Waals surface area (Å²) in [7, 11) is 0. The molecule has 1 fully saturated rings. The molecule has 4 rings (SSSR count). The first-order valence-electron chi connectivity index (χ1n) is 8.03. The smallest absolute Gasteiger partial charge is 0.225 e. The molecule has 1 aromatic carbocycles. The lowest BCUT2D eigenvalue weighted by molar-refractivity contribution is 0.269. The van der Waals surface area contributed by atoms with Gasteiger partial charge in [-0.2, -0.15) is 0 Å². The van der Waals surface area contributed by atoms with Gasteiger partial charge in [0.15, 0.2) is 11.0 Å². The van der Waals surface area contributed by atoms with Gasteiger partial charge in [0.2, 0.25) is 5.95 Å². The molecule has 3 heterocycles. The summed E-state index contributed by atoms with van der Waals surface area (Å²) in [5, 5.41) is 9.85. The Kier molecular flexibility index (Phi) is 4.09. The maximum atomic E-state index is 13.6. The van der Waals surface area contributed by atoms with Crippen molar-refractivity contribution < 1.29 is 9.50 Å².